The number of nitrogens with zero attached hydrogens (tertiary/aromatic N) is 3. The van der Waals surface area contributed by atoms with Crippen LogP contribution >= 0.6 is 11.6 Å². The maximum absolute atomic E-state index is 12.4. The molecule has 0 unspecified atom stereocenters. The number of nitro groups is 1. The van der Waals surface area contributed by atoms with Crippen molar-refractivity contribution in [3.05, 3.63) is 74.0 Å². The molecule has 0 atom stereocenters. The summed E-state index contributed by atoms with van der Waals surface area (Å²) in [7, 11) is 0. The Bertz CT molecular complexity index is 1140. The molecule has 0 saturated heterocycles. The first kappa shape index (κ1) is 22.3. The summed E-state index contributed by atoms with van der Waals surface area (Å²) in [5.41, 5.74) is 3.81. The van der Waals surface area contributed by atoms with Crippen molar-refractivity contribution in [1.82, 2.24) is 9.78 Å². The highest BCUT2D eigenvalue weighted by Crippen LogP contribution is 2.33. The van der Waals surface area contributed by atoms with Crippen LogP contribution in [0.3, 0.4) is 0 Å². The standard InChI is InChI=1S/C22H23ClN4O4/c1-13-7-14(2)15(3)21(8-13)31-19-10-17(9-18(11-19)27(29)30)24-22(28)5-6-26-12-20(23)16(4)25-26/h7-12H,5-6H2,1-4H3,(H,24,28). The molecule has 0 aliphatic heterocycles. The number of ether oxygens (including phenoxy) is 1. The van der Waals surface area contributed by atoms with Crippen LogP contribution in [0.25, 0.3) is 0 Å². The lowest BCUT2D eigenvalue weighted by Crippen LogP contribution is -2.15. The smallest absolute Gasteiger partial charge is 0.275 e. The van der Waals surface area contributed by atoms with E-state index in [1.807, 2.05) is 32.9 Å². The molecule has 0 radical (unpaired) electrons. The lowest BCUT2D eigenvalue weighted by Gasteiger charge is -2.13. The molecule has 162 valence electrons. The number of halogens is 1. The molecule has 0 aliphatic carbocycles. The summed E-state index contributed by atoms with van der Waals surface area (Å²) in [5, 5.41) is 18.8. The van der Waals surface area contributed by atoms with Crippen molar-refractivity contribution in [2.75, 3.05) is 5.32 Å². The number of rotatable bonds is 7. The van der Waals surface area contributed by atoms with Gasteiger partial charge in [0.1, 0.15) is 11.5 Å². The Hall–Kier alpha value is -3.39. The van der Waals surface area contributed by atoms with Gasteiger partial charge in [-0.3, -0.25) is 19.6 Å². The fourth-order valence-electron chi connectivity index (χ4n) is 3.10. The van der Waals surface area contributed by atoms with Crippen LogP contribution in [0.4, 0.5) is 11.4 Å². The van der Waals surface area contributed by atoms with E-state index in [4.69, 9.17) is 16.3 Å². The molecule has 3 aromatic rings. The van der Waals surface area contributed by atoms with E-state index in [-0.39, 0.29) is 29.5 Å². The van der Waals surface area contributed by atoms with Crippen LogP contribution < -0.4 is 10.1 Å². The van der Waals surface area contributed by atoms with Crippen LogP contribution in [0.2, 0.25) is 5.02 Å². The van der Waals surface area contributed by atoms with E-state index in [9.17, 15) is 14.9 Å². The number of carbonyl (C=O) groups excluding carboxylic acids is 1. The van der Waals surface area contributed by atoms with Gasteiger partial charge in [-0.2, -0.15) is 5.10 Å². The third kappa shape index (κ3) is 5.61. The lowest BCUT2D eigenvalue weighted by molar-refractivity contribution is -0.384. The van der Waals surface area contributed by atoms with E-state index in [0.29, 0.717) is 23.0 Å². The number of aryl methyl sites for hydroxylation is 4. The van der Waals surface area contributed by atoms with E-state index in [1.54, 1.807) is 23.9 Å². The predicted molar refractivity (Wildman–Crippen MR) is 119 cm³/mol. The fourth-order valence-corrected chi connectivity index (χ4v) is 3.25. The highest BCUT2D eigenvalue weighted by molar-refractivity contribution is 6.31. The average Bonchev–Trinajstić information content (AvgIpc) is 3.01. The minimum atomic E-state index is -0.522. The first-order valence-electron chi connectivity index (χ1n) is 9.67. The van der Waals surface area contributed by atoms with Crippen LogP contribution in [0.15, 0.2) is 36.5 Å². The first-order valence-corrected chi connectivity index (χ1v) is 10.0. The molecule has 1 N–H and O–H groups in total. The van der Waals surface area contributed by atoms with Gasteiger partial charge < -0.3 is 10.1 Å². The Labute approximate surface area is 184 Å². The van der Waals surface area contributed by atoms with Gasteiger partial charge in [0.25, 0.3) is 5.69 Å². The second-order valence-corrected chi connectivity index (χ2v) is 7.81. The normalized spacial score (nSPS) is 10.7. The van der Waals surface area contributed by atoms with Crippen LogP contribution in [0, 0.1) is 37.8 Å². The Morgan fingerprint density at radius 1 is 1.19 bits per heavy atom. The van der Waals surface area contributed by atoms with Gasteiger partial charge in [-0.1, -0.05) is 17.7 Å². The molecule has 0 bridgehead atoms. The molecule has 9 heteroatoms. The number of nitro benzene ring substituents is 1. The zero-order valence-corrected chi connectivity index (χ0v) is 18.5. The molecule has 0 saturated carbocycles. The second kappa shape index (κ2) is 9.18. The SMILES string of the molecule is Cc1cc(C)c(C)c(Oc2cc(NC(=O)CCn3cc(Cl)c(C)n3)cc([N+](=O)[O-])c2)c1. The van der Waals surface area contributed by atoms with Crippen LogP contribution in [-0.2, 0) is 11.3 Å². The van der Waals surface area contributed by atoms with E-state index in [1.165, 1.54) is 12.1 Å². The van der Waals surface area contributed by atoms with Gasteiger partial charge in [0.15, 0.2) is 0 Å². The second-order valence-electron chi connectivity index (χ2n) is 7.40. The minimum Gasteiger partial charge on any atom is -0.457 e. The lowest BCUT2D eigenvalue weighted by atomic mass is 10.1. The molecule has 3 rings (SSSR count). The molecule has 8 nitrogen and oxygen atoms in total. The van der Waals surface area contributed by atoms with Crippen molar-refractivity contribution in [3.63, 3.8) is 0 Å². The quantitative estimate of drug-likeness (QED) is 0.384. The molecule has 0 fully saturated rings. The maximum atomic E-state index is 12.4. The van der Waals surface area contributed by atoms with E-state index >= 15 is 0 Å². The predicted octanol–water partition coefficient (Wildman–Crippen LogP) is 5.50. The molecule has 1 amide bonds. The van der Waals surface area contributed by atoms with Crippen LogP contribution in [0.1, 0.15) is 28.8 Å². The summed E-state index contributed by atoms with van der Waals surface area (Å²) < 4.78 is 7.53. The van der Waals surface area contributed by atoms with Gasteiger partial charge in [0.05, 0.1) is 27.4 Å². The van der Waals surface area contributed by atoms with Gasteiger partial charge in [-0.25, -0.2) is 0 Å². The highest BCUT2D eigenvalue weighted by Gasteiger charge is 2.15. The maximum Gasteiger partial charge on any atom is 0.275 e. The summed E-state index contributed by atoms with van der Waals surface area (Å²) in [6.45, 7) is 7.96. The molecule has 1 aromatic heterocycles. The van der Waals surface area contributed by atoms with Crippen molar-refractivity contribution in [3.8, 4) is 11.5 Å². The highest BCUT2D eigenvalue weighted by atomic mass is 35.5. The number of anilines is 1. The summed E-state index contributed by atoms with van der Waals surface area (Å²) in [4.78, 5) is 23.2. The van der Waals surface area contributed by atoms with Crippen molar-refractivity contribution in [2.24, 2.45) is 0 Å². The van der Waals surface area contributed by atoms with Gasteiger partial charge in [0, 0.05) is 31.3 Å². The van der Waals surface area contributed by atoms with Gasteiger partial charge >= 0.3 is 0 Å². The number of nitrogens with one attached hydrogen (secondary N) is 1. The molecule has 0 spiro atoms. The third-order valence-corrected chi connectivity index (χ3v) is 5.20. The summed E-state index contributed by atoms with van der Waals surface area (Å²) in [6, 6.07) is 8.11. The Morgan fingerprint density at radius 2 is 1.94 bits per heavy atom. The Kier molecular flexibility index (Phi) is 6.60. The van der Waals surface area contributed by atoms with Gasteiger partial charge in [0.2, 0.25) is 5.91 Å². The van der Waals surface area contributed by atoms with Crippen LogP contribution in [0.5, 0.6) is 11.5 Å². The molecule has 2 aromatic carbocycles. The molecular formula is C22H23ClN4O4. The monoisotopic (exact) mass is 442 g/mol. The average molecular weight is 443 g/mol. The number of amides is 1. The zero-order valence-electron chi connectivity index (χ0n) is 17.7. The molecular weight excluding hydrogens is 420 g/mol. The van der Waals surface area contributed by atoms with Crippen molar-refractivity contribution in [1.29, 1.82) is 0 Å². The number of benzene rings is 2. The topological polar surface area (TPSA) is 99.3 Å². The summed E-state index contributed by atoms with van der Waals surface area (Å²) >= 11 is 5.97. The number of carbonyl (C=O) groups is 1. The Morgan fingerprint density at radius 3 is 2.58 bits per heavy atom. The molecule has 0 aliphatic rings. The molecule has 1 heterocycles. The Balaban J connectivity index is 1.78. The van der Waals surface area contributed by atoms with Gasteiger partial charge in [-0.15, -0.1) is 0 Å². The van der Waals surface area contributed by atoms with Crippen molar-refractivity contribution < 1.29 is 14.5 Å². The van der Waals surface area contributed by atoms with Crippen molar-refractivity contribution >= 4 is 28.9 Å². The summed E-state index contributed by atoms with van der Waals surface area (Å²) in [6.07, 6.45) is 1.78. The number of hydrogen-bond acceptors (Lipinski definition) is 5. The zero-order chi connectivity index (χ0) is 22.7. The van der Waals surface area contributed by atoms with Gasteiger partial charge in [-0.05, 0) is 50.5 Å². The third-order valence-electron chi connectivity index (χ3n) is 4.83. The van der Waals surface area contributed by atoms with E-state index in [2.05, 4.69) is 10.4 Å². The first-order chi connectivity index (χ1) is 14.6. The summed E-state index contributed by atoms with van der Waals surface area (Å²) in [5.74, 6) is 0.576. The minimum absolute atomic E-state index is 0.131. The van der Waals surface area contributed by atoms with E-state index < -0.39 is 4.92 Å². The number of non-ortho nitro benzene ring substituents is 1. The van der Waals surface area contributed by atoms with E-state index in [0.717, 1.165) is 16.7 Å². The van der Waals surface area contributed by atoms with Crippen LogP contribution in [-0.4, -0.2) is 20.6 Å². The largest absolute Gasteiger partial charge is 0.457 e. The molecule has 31 heavy (non-hydrogen) atoms. The number of hydrogen-bond donors (Lipinski definition) is 1. The van der Waals surface area contributed by atoms with Crippen molar-refractivity contribution in [2.45, 2.75) is 40.7 Å². The number of aromatic nitrogens is 2. The fraction of sp³-hybridized carbons (Fsp3) is 0.273.